The van der Waals surface area contributed by atoms with Crippen LogP contribution in [-0.4, -0.2) is 49.6 Å². The van der Waals surface area contributed by atoms with E-state index in [2.05, 4.69) is 20.5 Å². The van der Waals surface area contributed by atoms with E-state index < -0.39 is 0 Å². The molecule has 2 aliphatic rings. The number of nitrogens with zero attached hydrogens (tertiary/aromatic N) is 2. The Morgan fingerprint density at radius 1 is 1.23 bits per heavy atom. The van der Waals surface area contributed by atoms with Gasteiger partial charge in [-0.2, -0.15) is 0 Å². The number of aryl methyl sites for hydroxylation is 1. The molecule has 0 atom stereocenters. The van der Waals surface area contributed by atoms with Crippen molar-refractivity contribution in [3.8, 4) is 0 Å². The second-order valence-corrected chi connectivity index (χ2v) is 7.25. The Morgan fingerprint density at radius 3 is 2.77 bits per heavy atom. The number of anilines is 2. The van der Waals surface area contributed by atoms with E-state index in [0.29, 0.717) is 22.1 Å². The molecule has 0 radical (unpaired) electrons. The van der Waals surface area contributed by atoms with Crippen molar-refractivity contribution in [1.29, 1.82) is 0 Å². The Labute approximate surface area is 155 Å². The van der Waals surface area contributed by atoms with Gasteiger partial charge >= 0.3 is 0 Å². The zero-order valence-electron chi connectivity index (χ0n) is 14.3. The van der Waals surface area contributed by atoms with Crippen LogP contribution in [0.4, 0.5) is 10.8 Å². The molecular weight excluding hydrogens is 352 g/mol. The fraction of sp³-hybridized carbons (Fsp3) is 0.389. The zero-order chi connectivity index (χ0) is 17.9. The monoisotopic (exact) mass is 372 g/mol. The van der Waals surface area contributed by atoms with Gasteiger partial charge in [-0.15, -0.1) is 0 Å². The summed E-state index contributed by atoms with van der Waals surface area (Å²) in [6.45, 7) is 3.84. The van der Waals surface area contributed by atoms with Crippen molar-refractivity contribution >= 4 is 34.0 Å². The summed E-state index contributed by atoms with van der Waals surface area (Å²) in [4.78, 5) is 31.7. The summed E-state index contributed by atoms with van der Waals surface area (Å²) in [5.74, 6) is -0.326. The zero-order valence-corrected chi connectivity index (χ0v) is 15.1. The molecule has 136 valence electrons. The van der Waals surface area contributed by atoms with Gasteiger partial charge in [0.25, 0.3) is 11.8 Å². The van der Waals surface area contributed by atoms with Crippen LogP contribution >= 0.6 is 11.3 Å². The first-order chi connectivity index (χ1) is 12.7. The number of rotatable bonds is 3. The number of thiazole rings is 1. The highest BCUT2D eigenvalue weighted by Gasteiger charge is 2.21. The maximum absolute atomic E-state index is 12.5. The van der Waals surface area contributed by atoms with Crippen LogP contribution in [-0.2, 0) is 11.2 Å². The van der Waals surface area contributed by atoms with Crippen LogP contribution in [0.1, 0.15) is 32.1 Å². The molecule has 1 fully saturated rings. The summed E-state index contributed by atoms with van der Waals surface area (Å²) in [6.07, 6.45) is 1.60. The Hall–Kier alpha value is -2.45. The molecule has 0 unspecified atom stereocenters. The number of hydrogen-bond acceptors (Lipinski definition) is 6. The SMILES string of the molecule is O=C(Nc1nc2c(s1)C(=O)NCCC2)c1ccc(N2CCOCC2)cc1. The van der Waals surface area contributed by atoms with Gasteiger partial charge in [0.05, 0.1) is 18.9 Å². The van der Waals surface area contributed by atoms with E-state index in [4.69, 9.17) is 4.74 Å². The molecule has 1 aromatic carbocycles. The predicted octanol–water partition coefficient (Wildman–Crippen LogP) is 1.91. The van der Waals surface area contributed by atoms with Crippen LogP contribution in [0.5, 0.6) is 0 Å². The third-order valence-electron chi connectivity index (χ3n) is 4.51. The van der Waals surface area contributed by atoms with Crippen LogP contribution in [0.15, 0.2) is 24.3 Å². The van der Waals surface area contributed by atoms with Gasteiger partial charge in [-0.05, 0) is 37.1 Å². The molecule has 7 nitrogen and oxygen atoms in total. The number of benzene rings is 1. The number of aromatic nitrogens is 1. The van der Waals surface area contributed by atoms with Gasteiger partial charge in [0.2, 0.25) is 0 Å². The third kappa shape index (κ3) is 3.56. The van der Waals surface area contributed by atoms with E-state index in [0.717, 1.165) is 50.5 Å². The maximum Gasteiger partial charge on any atom is 0.263 e. The molecular formula is C18H20N4O3S. The molecule has 0 spiro atoms. The van der Waals surface area contributed by atoms with Crippen molar-refractivity contribution in [3.05, 3.63) is 40.4 Å². The van der Waals surface area contributed by atoms with E-state index in [1.54, 1.807) is 0 Å². The van der Waals surface area contributed by atoms with Crippen LogP contribution in [0.3, 0.4) is 0 Å². The lowest BCUT2D eigenvalue weighted by Crippen LogP contribution is -2.36. The first-order valence-corrected chi connectivity index (χ1v) is 9.54. The van der Waals surface area contributed by atoms with Gasteiger partial charge in [-0.1, -0.05) is 11.3 Å². The molecule has 4 rings (SSSR count). The number of hydrogen-bond donors (Lipinski definition) is 2. The topological polar surface area (TPSA) is 83.6 Å². The van der Waals surface area contributed by atoms with Gasteiger partial charge < -0.3 is 15.0 Å². The van der Waals surface area contributed by atoms with Gasteiger partial charge in [-0.25, -0.2) is 4.98 Å². The van der Waals surface area contributed by atoms with Gasteiger partial charge in [0.15, 0.2) is 5.13 Å². The van der Waals surface area contributed by atoms with E-state index in [1.165, 1.54) is 11.3 Å². The summed E-state index contributed by atoms with van der Waals surface area (Å²) in [6, 6.07) is 7.52. The summed E-state index contributed by atoms with van der Waals surface area (Å²) in [5, 5.41) is 6.12. The minimum atomic E-state index is -0.220. The standard InChI is InChI=1S/C18H20N4O3S/c23-16(12-3-5-13(6-4-12)22-8-10-25-11-9-22)21-18-20-14-2-1-7-19-17(24)15(14)26-18/h3-6H,1-2,7-11H2,(H,19,24)(H,20,21,23). The Morgan fingerprint density at radius 2 is 2.00 bits per heavy atom. The first kappa shape index (κ1) is 17.0. The minimum absolute atomic E-state index is 0.106. The average Bonchev–Trinajstić information content (AvgIpc) is 3.00. The smallest absolute Gasteiger partial charge is 0.263 e. The number of nitrogens with one attached hydrogen (secondary N) is 2. The molecule has 2 amide bonds. The van der Waals surface area contributed by atoms with Gasteiger partial charge in [0, 0.05) is 30.9 Å². The molecule has 2 aliphatic heterocycles. The van der Waals surface area contributed by atoms with Crippen LogP contribution in [0.25, 0.3) is 0 Å². The van der Waals surface area contributed by atoms with Crippen LogP contribution in [0, 0.1) is 0 Å². The number of carbonyl (C=O) groups excluding carboxylic acids is 2. The normalized spacial score (nSPS) is 17.2. The molecule has 2 N–H and O–H groups in total. The van der Waals surface area contributed by atoms with Gasteiger partial charge in [0.1, 0.15) is 4.88 Å². The molecule has 1 saturated heterocycles. The van der Waals surface area contributed by atoms with E-state index in [9.17, 15) is 9.59 Å². The highest BCUT2D eigenvalue weighted by molar-refractivity contribution is 7.17. The maximum atomic E-state index is 12.5. The third-order valence-corrected chi connectivity index (χ3v) is 5.52. The quantitative estimate of drug-likeness (QED) is 0.860. The van der Waals surface area contributed by atoms with Crippen molar-refractivity contribution in [2.45, 2.75) is 12.8 Å². The fourth-order valence-corrected chi connectivity index (χ4v) is 4.03. The molecule has 0 bridgehead atoms. The lowest BCUT2D eigenvalue weighted by atomic mass is 10.2. The Bertz CT molecular complexity index is 812. The number of amides is 2. The number of morpholine rings is 1. The molecule has 0 aliphatic carbocycles. The van der Waals surface area contributed by atoms with Crippen LogP contribution < -0.4 is 15.5 Å². The van der Waals surface area contributed by atoms with Crippen LogP contribution in [0.2, 0.25) is 0 Å². The summed E-state index contributed by atoms with van der Waals surface area (Å²) in [5.41, 5.74) is 2.42. The lowest BCUT2D eigenvalue weighted by molar-refractivity contribution is 0.0958. The van der Waals surface area contributed by atoms with Crippen molar-refractivity contribution in [3.63, 3.8) is 0 Å². The van der Waals surface area contributed by atoms with E-state index in [1.807, 2.05) is 24.3 Å². The van der Waals surface area contributed by atoms with Crippen molar-refractivity contribution < 1.29 is 14.3 Å². The predicted molar refractivity (Wildman–Crippen MR) is 100 cm³/mol. The van der Waals surface area contributed by atoms with E-state index in [-0.39, 0.29) is 11.8 Å². The summed E-state index contributed by atoms with van der Waals surface area (Å²) < 4.78 is 5.36. The van der Waals surface area contributed by atoms with Crippen molar-refractivity contribution in [1.82, 2.24) is 10.3 Å². The van der Waals surface area contributed by atoms with Gasteiger partial charge in [-0.3, -0.25) is 14.9 Å². The van der Waals surface area contributed by atoms with Crippen molar-refractivity contribution in [2.75, 3.05) is 43.1 Å². The molecule has 1 aromatic heterocycles. The van der Waals surface area contributed by atoms with E-state index >= 15 is 0 Å². The molecule has 26 heavy (non-hydrogen) atoms. The molecule has 0 saturated carbocycles. The highest BCUT2D eigenvalue weighted by atomic mass is 32.1. The second-order valence-electron chi connectivity index (χ2n) is 6.25. The molecule has 3 heterocycles. The largest absolute Gasteiger partial charge is 0.378 e. The second kappa shape index (κ2) is 7.43. The number of ether oxygens (including phenoxy) is 1. The minimum Gasteiger partial charge on any atom is -0.378 e. The first-order valence-electron chi connectivity index (χ1n) is 8.73. The summed E-state index contributed by atoms with van der Waals surface area (Å²) >= 11 is 1.23. The van der Waals surface area contributed by atoms with Crippen molar-refractivity contribution in [2.24, 2.45) is 0 Å². The summed E-state index contributed by atoms with van der Waals surface area (Å²) in [7, 11) is 0. The lowest BCUT2D eigenvalue weighted by Gasteiger charge is -2.28. The number of fused-ring (bicyclic) bond motifs is 1. The molecule has 8 heteroatoms. The average molecular weight is 372 g/mol. The molecule has 2 aromatic rings. The fourth-order valence-electron chi connectivity index (χ4n) is 3.10. The number of carbonyl (C=O) groups is 2. The highest BCUT2D eigenvalue weighted by Crippen LogP contribution is 2.26. The Balaban J connectivity index is 1.45. The Kier molecular flexibility index (Phi) is 4.85.